The molecular formula is C16H15F2NO4. The number of benzene rings is 1. The molecule has 2 rings (SSSR count). The molecule has 1 heterocycles. The molecule has 1 aromatic heterocycles. The van der Waals surface area contributed by atoms with E-state index in [1.165, 1.54) is 19.3 Å². The molecule has 1 atom stereocenters. The Bertz CT molecular complexity index is 685. The lowest BCUT2D eigenvalue weighted by Crippen LogP contribution is -2.30. The van der Waals surface area contributed by atoms with Gasteiger partial charge in [-0.25, -0.2) is 8.78 Å². The number of nitrogens with one attached hydrogen (secondary N) is 1. The summed E-state index contributed by atoms with van der Waals surface area (Å²) in [5.41, 5.74) is 0.0763. The Morgan fingerprint density at radius 1 is 1.26 bits per heavy atom. The van der Waals surface area contributed by atoms with Gasteiger partial charge in [-0.1, -0.05) is 0 Å². The van der Waals surface area contributed by atoms with Crippen LogP contribution in [-0.2, 0) is 20.7 Å². The predicted molar refractivity (Wildman–Crippen MR) is 77.6 cm³/mol. The number of carbonyl (C=O) groups is 2. The Labute approximate surface area is 131 Å². The first-order valence-corrected chi connectivity index (χ1v) is 6.93. The summed E-state index contributed by atoms with van der Waals surface area (Å²) in [5, 5.41) is 2.34. The van der Waals surface area contributed by atoms with Gasteiger partial charge in [0.15, 0.2) is 17.7 Å². The van der Waals surface area contributed by atoms with E-state index < -0.39 is 29.6 Å². The van der Waals surface area contributed by atoms with Crippen molar-refractivity contribution < 1.29 is 27.5 Å². The number of rotatable bonds is 6. The summed E-state index contributed by atoms with van der Waals surface area (Å²) in [6, 6.07) is 6.39. The highest BCUT2D eigenvalue weighted by Gasteiger charge is 2.18. The van der Waals surface area contributed by atoms with Gasteiger partial charge in [0, 0.05) is 18.2 Å². The highest BCUT2D eigenvalue weighted by molar-refractivity contribution is 5.95. The Morgan fingerprint density at radius 3 is 2.70 bits per heavy atom. The van der Waals surface area contributed by atoms with Crippen molar-refractivity contribution >= 4 is 17.6 Å². The van der Waals surface area contributed by atoms with E-state index in [1.54, 1.807) is 12.1 Å². The van der Waals surface area contributed by atoms with Crippen LogP contribution in [0.2, 0.25) is 0 Å². The molecule has 0 fully saturated rings. The van der Waals surface area contributed by atoms with Gasteiger partial charge in [-0.3, -0.25) is 9.59 Å². The predicted octanol–water partition coefficient (Wildman–Crippen LogP) is 3.06. The van der Waals surface area contributed by atoms with Crippen molar-refractivity contribution in [3.63, 3.8) is 0 Å². The monoisotopic (exact) mass is 323 g/mol. The minimum absolute atomic E-state index is 0.0658. The van der Waals surface area contributed by atoms with Crippen molar-refractivity contribution in [3.8, 4) is 0 Å². The molecule has 2 aromatic rings. The zero-order chi connectivity index (χ0) is 16.8. The molecule has 122 valence electrons. The smallest absolute Gasteiger partial charge is 0.307 e. The number of carbonyl (C=O) groups excluding carboxylic acids is 2. The summed E-state index contributed by atoms with van der Waals surface area (Å²) in [4.78, 5) is 23.5. The highest BCUT2D eigenvalue weighted by atomic mass is 19.2. The maximum atomic E-state index is 13.1. The summed E-state index contributed by atoms with van der Waals surface area (Å²) in [6.45, 7) is 1.39. The molecule has 0 aliphatic carbocycles. The fourth-order valence-electron chi connectivity index (χ4n) is 1.81. The fraction of sp³-hybridized carbons (Fsp3) is 0.250. The molecule has 23 heavy (non-hydrogen) atoms. The van der Waals surface area contributed by atoms with Gasteiger partial charge >= 0.3 is 5.97 Å². The average molecular weight is 323 g/mol. The minimum atomic E-state index is -1.08. The van der Waals surface area contributed by atoms with Crippen molar-refractivity contribution in [1.82, 2.24) is 0 Å². The summed E-state index contributed by atoms with van der Waals surface area (Å²) in [6.07, 6.45) is 0.866. The number of aryl methyl sites for hydroxylation is 1. The maximum absolute atomic E-state index is 13.1. The third-order valence-electron chi connectivity index (χ3n) is 3.02. The van der Waals surface area contributed by atoms with Crippen LogP contribution in [0.4, 0.5) is 14.5 Å². The van der Waals surface area contributed by atoms with Crippen molar-refractivity contribution in [2.75, 3.05) is 5.32 Å². The normalized spacial score (nSPS) is 11.8. The topological polar surface area (TPSA) is 68.5 Å². The van der Waals surface area contributed by atoms with E-state index in [0.29, 0.717) is 12.2 Å². The van der Waals surface area contributed by atoms with Crippen LogP contribution in [0.25, 0.3) is 0 Å². The van der Waals surface area contributed by atoms with Crippen molar-refractivity contribution in [3.05, 3.63) is 54.0 Å². The molecule has 5 nitrogen and oxygen atoms in total. The van der Waals surface area contributed by atoms with Gasteiger partial charge in [0.05, 0.1) is 12.7 Å². The number of hydrogen-bond donors (Lipinski definition) is 1. The molecule has 0 unspecified atom stereocenters. The second-order valence-electron chi connectivity index (χ2n) is 4.83. The number of amides is 1. The van der Waals surface area contributed by atoms with Crippen LogP contribution >= 0.6 is 0 Å². The Morgan fingerprint density at radius 2 is 2.04 bits per heavy atom. The standard InChI is InChI=1S/C16H15F2NO4/c1-10(23-15(20)7-5-12-3-2-8-22-12)16(21)19-11-4-6-13(17)14(18)9-11/h2-4,6,8-10H,5,7H2,1H3,(H,19,21)/t10-/m1/s1. The van der Waals surface area contributed by atoms with Crippen LogP contribution in [0.3, 0.4) is 0 Å². The second kappa shape index (κ2) is 7.53. The quantitative estimate of drug-likeness (QED) is 0.830. The molecule has 1 aromatic carbocycles. The average Bonchev–Trinajstić information content (AvgIpc) is 3.02. The molecule has 1 amide bonds. The molecule has 0 saturated heterocycles. The van der Waals surface area contributed by atoms with Gasteiger partial charge < -0.3 is 14.5 Å². The number of halogens is 2. The molecule has 0 bridgehead atoms. The van der Waals surface area contributed by atoms with Gasteiger partial charge in [-0.2, -0.15) is 0 Å². The second-order valence-corrected chi connectivity index (χ2v) is 4.83. The molecule has 1 N–H and O–H groups in total. The number of esters is 1. The van der Waals surface area contributed by atoms with Gasteiger partial charge in [-0.05, 0) is 31.2 Å². The van der Waals surface area contributed by atoms with Crippen molar-refractivity contribution in [2.24, 2.45) is 0 Å². The zero-order valence-corrected chi connectivity index (χ0v) is 12.3. The Balaban J connectivity index is 1.81. The SMILES string of the molecule is C[C@@H](OC(=O)CCc1ccco1)C(=O)Nc1ccc(F)c(F)c1. The van der Waals surface area contributed by atoms with Crippen LogP contribution in [0, 0.1) is 11.6 Å². The first-order valence-electron chi connectivity index (χ1n) is 6.93. The summed E-state index contributed by atoms with van der Waals surface area (Å²) >= 11 is 0. The lowest BCUT2D eigenvalue weighted by atomic mass is 10.2. The summed E-state index contributed by atoms with van der Waals surface area (Å²) in [7, 11) is 0. The Hall–Kier alpha value is -2.70. The molecule has 0 aliphatic rings. The molecule has 0 saturated carbocycles. The van der Waals surface area contributed by atoms with Crippen LogP contribution in [0.5, 0.6) is 0 Å². The van der Waals surface area contributed by atoms with E-state index in [0.717, 1.165) is 12.1 Å². The molecular weight excluding hydrogens is 308 g/mol. The number of hydrogen-bond acceptors (Lipinski definition) is 4. The number of ether oxygens (including phenoxy) is 1. The van der Waals surface area contributed by atoms with Gasteiger partial charge in [-0.15, -0.1) is 0 Å². The van der Waals surface area contributed by atoms with E-state index in [-0.39, 0.29) is 12.1 Å². The van der Waals surface area contributed by atoms with Gasteiger partial charge in [0.25, 0.3) is 5.91 Å². The molecule has 0 aliphatic heterocycles. The summed E-state index contributed by atoms with van der Waals surface area (Å²) in [5.74, 6) is -2.65. The van der Waals surface area contributed by atoms with Gasteiger partial charge in [0.1, 0.15) is 5.76 Å². The molecule has 7 heteroatoms. The van der Waals surface area contributed by atoms with Crippen LogP contribution < -0.4 is 5.32 Å². The first-order chi connectivity index (χ1) is 11.0. The fourth-order valence-corrected chi connectivity index (χ4v) is 1.81. The van der Waals surface area contributed by atoms with E-state index >= 15 is 0 Å². The number of furan rings is 1. The minimum Gasteiger partial charge on any atom is -0.469 e. The van der Waals surface area contributed by atoms with Gasteiger partial charge in [0.2, 0.25) is 0 Å². The molecule has 0 spiro atoms. The largest absolute Gasteiger partial charge is 0.469 e. The van der Waals surface area contributed by atoms with E-state index in [4.69, 9.17) is 9.15 Å². The zero-order valence-electron chi connectivity index (χ0n) is 12.3. The van der Waals surface area contributed by atoms with Crippen LogP contribution in [0.1, 0.15) is 19.1 Å². The van der Waals surface area contributed by atoms with E-state index in [9.17, 15) is 18.4 Å². The Kier molecular flexibility index (Phi) is 5.46. The number of anilines is 1. The summed E-state index contributed by atoms with van der Waals surface area (Å²) < 4.78 is 35.9. The molecule has 0 radical (unpaired) electrons. The first kappa shape index (κ1) is 16.7. The highest BCUT2D eigenvalue weighted by Crippen LogP contribution is 2.14. The maximum Gasteiger partial charge on any atom is 0.307 e. The van der Waals surface area contributed by atoms with Crippen molar-refractivity contribution in [2.45, 2.75) is 25.9 Å². The van der Waals surface area contributed by atoms with E-state index in [1.807, 2.05) is 0 Å². The van der Waals surface area contributed by atoms with Crippen molar-refractivity contribution in [1.29, 1.82) is 0 Å². The lowest BCUT2D eigenvalue weighted by molar-refractivity contribution is -0.153. The lowest BCUT2D eigenvalue weighted by Gasteiger charge is -2.13. The van der Waals surface area contributed by atoms with Crippen LogP contribution in [-0.4, -0.2) is 18.0 Å². The van der Waals surface area contributed by atoms with Crippen LogP contribution in [0.15, 0.2) is 41.0 Å². The van der Waals surface area contributed by atoms with E-state index in [2.05, 4.69) is 5.32 Å². The third-order valence-corrected chi connectivity index (χ3v) is 3.02. The third kappa shape index (κ3) is 4.91.